The minimum absolute atomic E-state index is 0.126. The van der Waals surface area contributed by atoms with Crippen molar-refractivity contribution in [2.24, 2.45) is 0 Å². The molecule has 10 heteroatoms. The first-order valence-corrected chi connectivity index (χ1v) is 10.1. The monoisotopic (exact) mass is 435 g/mol. The second kappa shape index (κ2) is 9.76. The molecule has 0 radical (unpaired) electrons. The van der Waals surface area contributed by atoms with Gasteiger partial charge in [0.25, 0.3) is 5.69 Å². The molecule has 1 aliphatic heterocycles. The number of hydrogen-bond acceptors (Lipinski definition) is 7. The Hall–Kier alpha value is -3.17. The van der Waals surface area contributed by atoms with Crippen molar-refractivity contribution >= 4 is 23.7 Å². The van der Waals surface area contributed by atoms with Crippen LogP contribution in [0, 0.1) is 10.1 Å². The Morgan fingerprint density at radius 1 is 1.23 bits per heavy atom. The van der Waals surface area contributed by atoms with Crippen molar-refractivity contribution in [3.63, 3.8) is 0 Å². The maximum Gasteiger partial charge on any atom is 0.415 e. The predicted molar refractivity (Wildman–Crippen MR) is 112 cm³/mol. The van der Waals surface area contributed by atoms with Gasteiger partial charge in [0.1, 0.15) is 11.4 Å². The Labute approximate surface area is 181 Å². The van der Waals surface area contributed by atoms with Crippen molar-refractivity contribution in [1.29, 1.82) is 0 Å². The lowest BCUT2D eigenvalue weighted by molar-refractivity contribution is -0.384. The zero-order valence-electron chi connectivity index (χ0n) is 18.5. The van der Waals surface area contributed by atoms with E-state index in [9.17, 15) is 24.5 Å². The van der Waals surface area contributed by atoms with Crippen molar-refractivity contribution in [2.45, 2.75) is 65.1 Å². The van der Waals surface area contributed by atoms with Crippen LogP contribution < -0.4 is 4.74 Å². The molecule has 0 N–H and O–H groups in total. The lowest BCUT2D eigenvalue weighted by Crippen LogP contribution is -2.49. The highest BCUT2D eigenvalue weighted by Crippen LogP contribution is 2.23. The Kier molecular flexibility index (Phi) is 7.59. The number of amides is 2. The molecule has 2 amide bonds. The maximum atomic E-state index is 12.9. The molecule has 0 bridgehead atoms. The SMILES string of the molecule is CC(C)N(CC(=O)[C@H]1CCCN1C(=O)OC(C)(C)C)C(=O)Oc1ccc([N+](=O)[O-])cc1. The summed E-state index contributed by atoms with van der Waals surface area (Å²) in [6.07, 6.45) is -0.127. The van der Waals surface area contributed by atoms with Crippen LogP contribution in [0.5, 0.6) is 5.75 Å². The summed E-state index contributed by atoms with van der Waals surface area (Å²) in [4.78, 5) is 50.9. The fraction of sp³-hybridized carbons (Fsp3) is 0.571. The lowest BCUT2D eigenvalue weighted by Gasteiger charge is -2.30. The highest BCUT2D eigenvalue weighted by Gasteiger charge is 2.38. The van der Waals surface area contributed by atoms with E-state index in [1.807, 2.05) is 0 Å². The number of nitrogens with zero attached hydrogens (tertiary/aromatic N) is 3. The Morgan fingerprint density at radius 2 is 1.84 bits per heavy atom. The third kappa shape index (κ3) is 6.66. The summed E-state index contributed by atoms with van der Waals surface area (Å²) in [6, 6.07) is 4.08. The molecule has 1 aliphatic rings. The molecule has 0 saturated carbocycles. The van der Waals surface area contributed by atoms with E-state index >= 15 is 0 Å². The van der Waals surface area contributed by atoms with Gasteiger partial charge in [0.2, 0.25) is 0 Å². The summed E-state index contributed by atoms with van der Waals surface area (Å²) >= 11 is 0. The van der Waals surface area contributed by atoms with Crippen LogP contribution in [0.3, 0.4) is 0 Å². The zero-order chi connectivity index (χ0) is 23.3. The molecule has 0 unspecified atom stereocenters. The fourth-order valence-corrected chi connectivity index (χ4v) is 3.17. The first kappa shape index (κ1) is 24.1. The minimum atomic E-state index is -0.751. The van der Waals surface area contributed by atoms with Crippen molar-refractivity contribution in [3.8, 4) is 5.75 Å². The number of non-ortho nitro benzene ring substituents is 1. The predicted octanol–water partition coefficient (Wildman–Crippen LogP) is 3.77. The number of benzene rings is 1. The molecular weight excluding hydrogens is 406 g/mol. The molecule has 170 valence electrons. The van der Waals surface area contributed by atoms with Crippen LogP contribution in [0.1, 0.15) is 47.5 Å². The average Bonchev–Trinajstić information content (AvgIpc) is 3.14. The summed E-state index contributed by atoms with van der Waals surface area (Å²) in [6.45, 7) is 8.94. The van der Waals surface area contributed by atoms with Crippen LogP contribution in [0.25, 0.3) is 0 Å². The number of carbonyl (C=O) groups is 3. The number of Topliss-reactive ketones (excluding diaryl/α,β-unsaturated/α-hetero) is 1. The second-order valence-corrected chi connectivity index (χ2v) is 8.64. The van der Waals surface area contributed by atoms with Crippen LogP contribution in [0.4, 0.5) is 15.3 Å². The van der Waals surface area contributed by atoms with Gasteiger partial charge >= 0.3 is 12.2 Å². The van der Waals surface area contributed by atoms with Crippen molar-refractivity contribution in [1.82, 2.24) is 9.80 Å². The van der Waals surface area contributed by atoms with Gasteiger partial charge in [0.15, 0.2) is 5.78 Å². The topological polar surface area (TPSA) is 119 Å². The standard InChI is InChI=1S/C21H29N3O7/c1-14(2)23(19(26)30-16-10-8-15(9-11-16)24(28)29)13-18(25)17-7-6-12-22(17)20(27)31-21(3,4)5/h8-11,14,17H,6-7,12-13H2,1-5H3/t17-/m1/s1. The third-order valence-corrected chi connectivity index (χ3v) is 4.69. The number of ketones is 1. The number of carbonyl (C=O) groups excluding carboxylic acids is 3. The average molecular weight is 435 g/mol. The van der Waals surface area contributed by atoms with Crippen molar-refractivity contribution in [3.05, 3.63) is 34.4 Å². The van der Waals surface area contributed by atoms with E-state index in [2.05, 4.69) is 0 Å². The zero-order valence-corrected chi connectivity index (χ0v) is 18.5. The molecule has 1 fully saturated rings. The van der Waals surface area contributed by atoms with E-state index in [-0.39, 0.29) is 29.8 Å². The smallest absolute Gasteiger partial charge is 0.415 e. The van der Waals surface area contributed by atoms with Crippen LogP contribution in [0.2, 0.25) is 0 Å². The number of ether oxygens (including phenoxy) is 2. The summed E-state index contributed by atoms with van der Waals surface area (Å²) in [7, 11) is 0. The summed E-state index contributed by atoms with van der Waals surface area (Å²) in [5.74, 6) is -0.150. The van der Waals surface area contributed by atoms with Crippen molar-refractivity contribution < 1.29 is 28.8 Å². The molecule has 1 aromatic carbocycles. The van der Waals surface area contributed by atoms with Gasteiger partial charge in [-0.3, -0.25) is 24.7 Å². The van der Waals surface area contributed by atoms with Crippen LogP contribution >= 0.6 is 0 Å². The first-order chi connectivity index (χ1) is 14.4. The van der Waals surface area contributed by atoms with E-state index < -0.39 is 28.8 Å². The van der Waals surface area contributed by atoms with Gasteiger partial charge in [0.05, 0.1) is 17.5 Å². The quantitative estimate of drug-likeness (QED) is 0.493. The molecule has 1 atom stereocenters. The highest BCUT2D eigenvalue weighted by molar-refractivity contribution is 5.91. The molecule has 1 saturated heterocycles. The van der Waals surface area contributed by atoms with Crippen LogP contribution in [-0.4, -0.2) is 63.5 Å². The Bertz CT molecular complexity index is 830. The minimum Gasteiger partial charge on any atom is -0.444 e. The number of nitro groups is 1. The maximum absolute atomic E-state index is 12.9. The number of hydrogen-bond donors (Lipinski definition) is 0. The molecular formula is C21H29N3O7. The summed E-state index contributed by atoms with van der Waals surface area (Å²) in [5, 5.41) is 10.7. The summed E-state index contributed by atoms with van der Waals surface area (Å²) < 4.78 is 10.7. The normalized spacial score (nSPS) is 16.2. The molecule has 31 heavy (non-hydrogen) atoms. The third-order valence-electron chi connectivity index (χ3n) is 4.69. The van der Waals surface area contributed by atoms with Gasteiger partial charge in [-0.2, -0.15) is 0 Å². The highest BCUT2D eigenvalue weighted by atomic mass is 16.6. The summed E-state index contributed by atoms with van der Waals surface area (Å²) in [5.41, 5.74) is -0.801. The fourth-order valence-electron chi connectivity index (χ4n) is 3.17. The van der Waals surface area contributed by atoms with Crippen LogP contribution in [-0.2, 0) is 9.53 Å². The Morgan fingerprint density at radius 3 is 2.35 bits per heavy atom. The largest absolute Gasteiger partial charge is 0.444 e. The van der Waals surface area contributed by atoms with Crippen molar-refractivity contribution in [2.75, 3.05) is 13.1 Å². The number of nitro benzene ring substituents is 1. The van der Waals surface area contributed by atoms with E-state index in [4.69, 9.17) is 9.47 Å². The van der Waals surface area contributed by atoms with Gasteiger partial charge in [-0.1, -0.05) is 0 Å². The second-order valence-electron chi connectivity index (χ2n) is 8.64. The number of rotatable bonds is 6. The molecule has 1 heterocycles. The molecule has 1 aromatic rings. The Balaban J connectivity index is 2.06. The van der Waals surface area contributed by atoms with E-state index in [1.54, 1.807) is 34.6 Å². The van der Waals surface area contributed by atoms with E-state index in [0.717, 1.165) is 0 Å². The first-order valence-electron chi connectivity index (χ1n) is 10.1. The molecule has 0 spiro atoms. The van der Waals surface area contributed by atoms with Gasteiger partial charge in [0, 0.05) is 24.7 Å². The van der Waals surface area contributed by atoms with E-state index in [1.165, 1.54) is 34.1 Å². The number of likely N-dealkylation sites (tertiary alicyclic amines) is 1. The van der Waals surface area contributed by atoms with Crippen LogP contribution in [0.15, 0.2) is 24.3 Å². The van der Waals surface area contributed by atoms with Gasteiger partial charge in [-0.25, -0.2) is 9.59 Å². The molecule has 10 nitrogen and oxygen atoms in total. The molecule has 0 aliphatic carbocycles. The van der Waals surface area contributed by atoms with Gasteiger partial charge < -0.3 is 9.47 Å². The van der Waals surface area contributed by atoms with Gasteiger partial charge in [-0.05, 0) is 59.6 Å². The van der Waals surface area contributed by atoms with E-state index in [0.29, 0.717) is 19.4 Å². The molecule has 0 aromatic heterocycles. The lowest BCUT2D eigenvalue weighted by atomic mass is 10.1. The molecule has 2 rings (SSSR count). The van der Waals surface area contributed by atoms with Gasteiger partial charge in [-0.15, -0.1) is 0 Å².